The fraction of sp³-hybridized carbons (Fsp3) is 0.278. The average Bonchev–Trinajstić information content (AvgIpc) is 3.30. The predicted octanol–water partition coefficient (Wildman–Crippen LogP) is 4.94. The number of alkyl halides is 3. The SMILES string of the molecule is Cc1c(Br)c(C(F)(F)F)nn1CCC(=O)Nc1ccn(Cc2c(F)c(F)c(F)c(F)c2F)n1. The molecule has 3 aromatic rings. The molecule has 15 heteroatoms. The third kappa shape index (κ3) is 5.02. The van der Waals surface area contributed by atoms with Gasteiger partial charge in [0.25, 0.3) is 0 Å². The van der Waals surface area contributed by atoms with Crippen LogP contribution in [0.4, 0.5) is 40.9 Å². The van der Waals surface area contributed by atoms with Crippen molar-refractivity contribution in [3.63, 3.8) is 0 Å². The molecular formula is C18H12BrF8N5O. The number of amides is 1. The maximum Gasteiger partial charge on any atom is 0.436 e. The maximum atomic E-state index is 13.8. The highest BCUT2D eigenvalue weighted by molar-refractivity contribution is 9.10. The standard InChI is InChI=1S/C18H12BrF8N5O/c1-7-11(19)17(18(25,26)27)30-32(7)5-3-10(33)28-9-2-4-31(29-9)6-8-12(20)14(22)16(24)15(23)13(8)21/h2,4H,3,5-6H2,1H3,(H,28,29,33). The van der Waals surface area contributed by atoms with E-state index in [0.29, 0.717) is 0 Å². The number of aromatic nitrogens is 4. The number of rotatable bonds is 6. The van der Waals surface area contributed by atoms with Gasteiger partial charge < -0.3 is 5.32 Å². The Morgan fingerprint density at radius 1 is 1.03 bits per heavy atom. The van der Waals surface area contributed by atoms with Crippen LogP contribution in [-0.2, 0) is 24.1 Å². The number of anilines is 1. The second kappa shape index (κ2) is 9.11. The van der Waals surface area contributed by atoms with Crippen molar-refractivity contribution in [2.24, 2.45) is 0 Å². The Hall–Kier alpha value is -2.97. The van der Waals surface area contributed by atoms with E-state index in [1.807, 2.05) is 0 Å². The first-order valence-corrected chi connectivity index (χ1v) is 9.74. The van der Waals surface area contributed by atoms with Gasteiger partial charge in [-0.2, -0.15) is 23.4 Å². The molecule has 33 heavy (non-hydrogen) atoms. The van der Waals surface area contributed by atoms with Crippen LogP contribution in [-0.4, -0.2) is 25.5 Å². The molecule has 178 valence electrons. The lowest BCUT2D eigenvalue weighted by Crippen LogP contribution is -2.17. The molecule has 0 aliphatic rings. The van der Waals surface area contributed by atoms with Crippen LogP contribution in [0, 0.1) is 36.0 Å². The predicted molar refractivity (Wildman–Crippen MR) is 100 cm³/mol. The molecule has 2 aromatic heterocycles. The van der Waals surface area contributed by atoms with Crippen LogP contribution < -0.4 is 5.32 Å². The molecule has 0 aliphatic carbocycles. The summed E-state index contributed by atoms with van der Waals surface area (Å²) in [5.41, 5.74) is -2.10. The van der Waals surface area contributed by atoms with Gasteiger partial charge in [0.1, 0.15) is 0 Å². The Bertz CT molecular complexity index is 1190. The molecule has 1 amide bonds. The molecule has 6 nitrogen and oxygen atoms in total. The highest BCUT2D eigenvalue weighted by Crippen LogP contribution is 2.35. The van der Waals surface area contributed by atoms with Crippen molar-refractivity contribution in [3.8, 4) is 0 Å². The highest BCUT2D eigenvalue weighted by atomic mass is 79.9. The van der Waals surface area contributed by atoms with Gasteiger partial charge in [-0.15, -0.1) is 0 Å². The number of benzene rings is 1. The summed E-state index contributed by atoms with van der Waals surface area (Å²) in [4.78, 5) is 12.1. The molecule has 0 aliphatic heterocycles. The summed E-state index contributed by atoms with van der Waals surface area (Å²) in [6, 6.07) is 1.20. The molecule has 0 saturated heterocycles. The molecular weight excluding hydrogens is 534 g/mol. The Balaban J connectivity index is 1.66. The van der Waals surface area contributed by atoms with Crippen molar-refractivity contribution in [2.75, 3.05) is 5.32 Å². The van der Waals surface area contributed by atoms with E-state index in [2.05, 4.69) is 31.4 Å². The first-order chi connectivity index (χ1) is 15.3. The number of hydrogen-bond acceptors (Lipinski definition) is 3. The van der Waals surface area contributed by atoms with E-state index in [0.717, 1.165) is 15.6 Å². The monoisotopic (exact) mass is 545 g/mol. The zero-order valence-electron chi connectivity index (χ0n) is 16.4. The fourth-order valence-electron chi connectivity index (χ4n) is 2.80. The molecule has 1 aromatic carbocycles. The number of nitrogens with one attached hydrogen (secondary N) is 1. The summed E-state index contributed by atoms with van der Waals surface area (Å²) in [7, 11) is 0. The highest BCUT2D eigenvalue weighted by Gasteiger charge is 2.38. The lowest BCUT2D eigenvalue weighted by molar-refractivity contribution is -0.142. The summed E-state index contributed by atoms with van der Waals surface area (Å²) in [6.45, 7) is 0.366. The number of halogens is 9. The van der Waals surface area contributed by atoms with E-state index < -0.39 is 59.0 Å². The van der Waals surface area contributed by atoms with E-state index in [1.165, 1.54) is 13.0 Å². The van der Waals surface area contributed by atoms with E-state index in [1.54, 1.807) is 0 Å². The molecule has 0 fully saturated rings. The Labute approximate surface area is 188 Å². The van der Waals surface area contributed by atoms with Gasteiger partial charge in [0, 0.05) is 18.7 Å². The first-order valence-electron chi connectivity index (χ1n) is 8.95. The largest absolute Gasteiger partial charge is 0.436 e. The van der Waals surface area contributed by atoms with Gasteiger partial charge in [0.15, 0.2) is 34.8 Å². The van der Waals surface area contributed by atoms with Gasteiger partial charge in [0.2, 0.25) is 11.7 Å². The van der Waals surface area contributed by atoms with Crippen molar-refractivity contribution in [1.29, 1.82) is 0 Å². The van der Waals surface area contributed by atoms with Gasteiger partial charge in [-0.25, -0.2) is 22.0 Å². The van der Waals surface area contributed by atoms with Gasteiger partial charge in [-0.1, -0.05) is 0 Å². The van der Waals surface area contributed by atoms with Gasteiger partial charge >= 0.3 is 6.18 Å². The normalized spacial score (nSPS) is 11.8. The topological polar surface area (TPSA) is 64.7 Å². The molecule has 0 saturated carbocycles. The van der Waals surface area contributed by atoms with Gasteiger partial charge in [-0.05, 0) is 22.9 Å². The average molecular weight is 546 g/mol. The number of aryl methyl sites for hydroxylation is 1. The molecule has 0 spiro atoms. The van der Waals surface area contributed by atoms with Gasteiger partial charge in [-0.3, -0.25) is 14.2 Å². The van der Waals surface area contributed by atoms with Crippen LogP contribution in [0.2, 0.25) is 0 Å². The van der Waals surface area contributed by atoms with Crippen molar-refractivity contribution in [2.45, 2.75) is 32.6 Å². The Morgan fingerprint density at radius 3 is 2.15 bits per heavy atom. The molecule has 1 N–H and O–H groups in total. The minimum atomic E-state index is -4.68. The minimum absolute atomic E-state index is 0.113. The minimum Gasteiger partial charge on any atom is -0.309 e. The summed E-state index contributed by atoms with van der Waals surface area (Å²) in [5.74, 6) is -11.3. The van der Waals surface area contributed by atoms with E-state index in [-0.39, 0.29) is 29.0 Å². The van der Waals surface area contributed by atoms with E-state index in [9.17, 15) is 39.9 Å². The van der Waals surface area contributed by atoms with Crippen molar-refractivity contribution in [1.82, 2.24) is 19.6 Å². The lowest BCUT2D eigenvalue weighted by atomic mass is 10.1. The second-order valence-electron chi connectivity index (χ2n) is 6.71. The number of hydrogen-bond donors (Lipinski definition) is 1. The number of nitrogens with zero attached hydrogens (tertiary/aromatic N) is 4. The molecule has 0 atom stereocenters. The van der Waals surface area contributed by atoms with Gasteiger partial charge in [0.05, 0.1) is 28.8 Å². The van der Waals surface area contributed by atoms with Crippen molar-refractivity contribution in [3.05, 3.63) is 62.8 Å². The van der Waals surface area contributed by atoms with Crippen LogP contribution in [0.25, 0.3) is 0 Å². The molecule has 3 rings (SSSR count). The van der Waals surface area contributed by atoms with Crippen LogP contribution in [0.15, 0.2) is 16.7 Å². The molecule has 2 heterocycles. The molecule has 0 unspecified atom stereocenters. The van der Waals surface area contributed by atoms with E-state index >= 15 is 0 Å². The Morgan fingerprint density at radius 2 is 1.61 bits per heavy atom. The van der Waals surface area contributed by atoms with Crippen LogP contribution in [0.3, 0.4) is 0 Å². The quantitative estimate of drug-likeness (QED) is 0.271. The lowest BCUT2D eigenvalue weighted by Gasteiger charge is -2.08. The smallest absolute Gasteiger partial charge is 0.309 e. The number of carbonyl (C=O) groups excluding carboxylic acids is 1. The van der Waals surface area contributed by atoms with Crippen LogP contribution in [0.1, 0.15) is 23.4 Å². The first kappa shape index (κ1) is 24.7. The Kier molecular flexibility index (Phi) is 6.81. The maximum absolute atomic E-state index is 13.8. The summed E-state index contributed by atoms with van der Waals surface area (Å²) >= 11 is 2.81. The summed E-state index contributed by atoms with van der Waals surface area (Å²) in [6.07, 6.45) is -3.85. The summed E-state index contributed by atoms with van der Waals surface area (Å²) < 4.78 is 108. The fourth-order valence-corrected chi connectivity index (χ4v) is 3.31. The molecule has 0 bridgehead atoms. The van der Waals surface area contributed by atoms with Crippen molar-refractivity contribution >= 4 is 27.7 Å². The second-order valence-corrected chi connectivity index (χ2v) is 7.51. The van der Waals surface area contributed by atoms with Crippen LogP contribution in [0.5, 0.6) is 0 Å². The van der Waals surface area contributed by atoms with Crippen LogP contribution >= 0.6 is 15.9 Å². The summed E-state index contributed by atoms with van der Waals surface area (Å²) in [5, 5.41) is 9.51. The third-order valence-electron chi connectivity index (χ3n) is 4.48. The zero-order chi connectivity index (χ0) is 24.7. The molecule has 0 radical (unpaired) electrons. The van der Waals surface area contributed by atoms with E-state index in [4.69, 9.17) is 0 Å². The number of carbonyl (C=O) groups is 1. The zero-order valence-corrected chi connectivity index (χ0v) is 18.0. The van der Waals surface area contributed by atoms with Crippen molar-refractivity contribution < 1.29 is 39.9 Å². The third-order valence-corrected chi connectivity index (χ3v) is 5.43.